The molecule has 0 radical (unpaired) electrons. The Morgan fingerprint density at radius 3 is 3.00 bits per heavy atom. The Labute approximate surface area is 133 Å². The fraction of sp³-hybridized carbons (Fsp3) is 0.312. The molecule has 0 aliphatic rings. The van der Waals surface area contributed by atoms with Crippen molar-refractivity contribution < 1.29 is 4.79 Å². The van der Waals surface area contributed by atoms with Crippen molar-refractivity contribution in [1.29, 1.82) is 0 Å². The molecular weight excluding hydrogens is 300 g/mol. The van der Waals surface area contributed by atoms with Gasteiger partial charge in [-0.15, -0.1) is 22.7 Å². The largest absolute Gasteiger partial charge is 0.344 e. The van der Waals surface area contributed by atoms with Crippen molar-refractivity contribution >= 4 is 28.6 Å². The Morgan fingerprint density at radius 2 is 2.33 bits per heavy atom. The fourth-order valence-corrected chi connectivity index (χ4v) is 3.53. The van der Waals surface area contributed by atoms with E-state index in [1.807, 2.05) is 22.9 Å². The van der Waals surface area contributed by atoms with E-state index in [0.717, 1.165) is 17.7 Å². The van der Waals surface area contributed by atoms with Crippen LogP contribution in [0.25, 0.3) is 0 Å². The molecule has 0 fully saturated rings. The van der Waals surface area contributed by atoms with Crippen LogP contribution < -0.4 is 11.1 Å². The zero-order chi connectivity index (χ0) is 15.1. The average molecular weight is 318 g/mol. The number of rotatable bonds is 5. The summed E-state index contributed by atoms with van der Waals surface area (Å²) in [5.41, 5.74) is 6.01. The summed E-state index contributed by atoms with van der Waals surface area (Å²) < 4.78 is 0. The number of hydrogen-bond donors (Lipinski definition) is 2. The minimum atomic E-state index is -0.0427. The number of thiophene rings is 2. The number of nitrogens with two attached hydrogens (primary N) is 1. The molecule has 0 bridgehead atoms. The van der Waals surface area contributed by atoms with Gasteiger partial charge >= 0.3 is 0 Å². The Morgan fingerprint density at radius 1 is 1.48 bits per heavy atom. The lowest BCUT2D eigenvalue weighted by atomic mass is 10.1. The van der Waals surface area contributed by atoms with E-state index < -0.39 is 0 Å². The molecule has 2 aromatic rings. The van der Waals surface area contributed by atoms with Gasteiger partial charge in [-0.25, -0.2) is 0 Å². The van der Waals surface area contributed by atoms with Crippen LogP contribution in [-0.2, 0) is 0 Å². The lowest BCUT2D eigenvalue weighted by Gasteiger charge is -2.16. The third-order valence-electron chi connectivity index (χ3n) is 2.94. The quantitative estimate of drug-likeness (QED) is 0.830. The molecule has 1 amide bonds. The predicted octanol–water partition coefficient (Wildman–Crippen LogP) is 3.39. The van der Waals surface area contributed by atoms with Crippen molar-refractivity contribution in [1.82, 2.24) is 5.32 Å². The first-order valence-corrected chi connectivity index (χ1v) is 8.62. The highest BCUT2D eigenvalue weighted by Gasteiger charge is 2.16. The Bertz CT molecular complexity index is 635. The van der Waals surface area contributed by atoms with Gasteiger partial charge in [0.25, 0.3) is 5.91 Å². The first-order chi connectivity index (χ1) is 10.2. The third kappa shape index (κ3) is 4.43. The van der Waals surface area contributed by atoms with Crippen LogP contribution in [0.1, 0.15) is 45.9 Å². The van der Waals surface area contributed by atoms with Gasteiger partial charge in [-0.2, -0.15) is 0 Å². The van der Waals surface area contributed by atoms with E-state index in [4.69, 9.17) is 5.73 Å². The van der Waals surface area contributed by atoms with Gasteiger partial charge in [0.05, 0.1) is 23.0 Å². The second-order valence-electron chi connectivity index (χ2n) is 4.54. The van der Waals surface area contributed by atoms with Crippen LogP contribution in [0.5, 0.6) is 0 Å². The molecule has 0 saturated carbocycles. The minimum Gasteiger partial charge on any atom is -0.344 e. The van der Waals surface area contributed by atoms with Crippen molar-refractivity contribution in [2.75, 3.05) is 6.54 Å². The summed E-state index contributed by atoms with van der Waals surface area (Å²) in [7, 11) is 0. The molecule has 1 atom stereocenters. The number of hydrogen-bond acceptors (Lipinski definition) is 4. The van der Waals surface area contributed by atoms with Gasteiger partial charge in [-0.1, -0.05) is 31.3 Å². The van der Waals surface area contributed by atoms with Crippen molar-refractivity contribution in [3.05, 3.63) is 44.3 Å². The van der Waals surface area contributed by atoms with Gasteiger partial charge < -0.3 is 11.1 Å². The standard InChI is InChI=1S/C16H18N2OS2/c1-2-5-14(15-7-4-9-20-15)18-16(19)12-10-13(21-11-12)6-3-8-17/h4,7,9-11,14H,2,5,8,17H2,1H3,(H,18,19). The summed E-state index contributed by atoms with van der Waals surface area (Å²) in [6.07, 6.45) is 1.97. The maximum absolute atomic E-state index is 12.3. The van der Waals surface area contributed by atoms with E-state index in [0.29, 0.717) is 12.1 Å². The minimum absolute atomic E-state index is 0.0427. The van der Waals surface area contributed by atoms with Crippen LogP contribution in [0.15, 0.2) is 29.0 Å². The molecule has 21 heavy (non-hydrogen) atoms. The zero-order valence-corrected chi connectivity index (χ0v) is 13.5. The Balaban J connectivity index is 2.06. The molecule has 3 nitrogen and oxygen atoms in total. The second kappa shape index (κ2) is 7.99. The SMILES string of the molecule is CCCC(NC(=O)c1csc(C#CCN)c1)c1cccs1. The predicted molar refractivity (Wildman–Crippen MR) is 89.7 cm³/mol. The Kier molecular flexibility index (Phi) is 6.00. The third-order valence-corrected chi connectivity index (χ3v) is 4.78. The maximum Gasteiger partial charge on any atom is 0.252 e. The van der Waals surface area contributed by atoms with Crippen LogP contribution in [0.3, 0.4) is 0 Å². The van der Waals surface area contributed by atoms with Gasteiger partial charge in [0, 0.05) is 10.3 Å². The van der Waals surface area contributed by atoms with Gasteiger partial charge in [0.2, 0.25) is 0 Å². The second-order valence-corrected chi connectivity index (χ2v) is 6.43. The lowest BCUT2D eigenvalue weighted by molar-refractivity contribution is 0.0935. The van der Waals surface area contributed by atoms with Crippen molar-refractivity contribution in [2.45, 2.75) is 25.8 Å². The summed E-state index contributed by atoms with van der Waals surface area (Å²) in [6.45, 7) is 2.45. The molecule has 1 unspecified atom stereocenters. The van der Waals surface area contributed by atoms with Gasteiger partial charge in [0.1, 0.15) is 0 Å². The number of carbonyl (C=O) groups excluding carboxylic acids is 1. The normalized spacial score (nSPS) is 11.5. The lowest BCUT2D eigenvalue weighted by Crippen LogP contribution is -2.27. The van der Waals surface area contributed by atoms with E-state index in [1.54, 1.807) is 11.3 Å². The summed E-state index contributed by atoms with van der Waals surface area (Å²) in [4.78, 5) is 14.4. The summed E-state index contributed by atoms with van der Waals surface area (Å²) >= 11 is 3.14. The van der Waals surface area contributed by atoms with E-state index in [-0.39, 0.29) is 11.9 Å². The first-order valence-electron chi connectivity index (χ1n) is 6.86. The monoisotopic (exact) mass is 318 g/mol. The van der Waals surface area contributed by atoms with Crippen LogP contribution >= 0.6 is 22.7 Å². The topological polar surface area (TPSA) is 55.1 Å². The van der Waals surface area contributed by atoms with E-state index in [9.17, 15) is 4.79 Å². The van der Waals surface area contributed by atoms with Gasteiger partial charge in [-0.05, 0) is 23.9 Å². The van der Waals surface area contributed by atoms with Crippen LogP contribution in [0.4, 0.5) is 0 Å². The van der Waals surface area contributed by atoms with E-state index in [2.05, 4.69) is 30.1 Å². The highest BCUT2D eigenvalue weighted by Crippen LogP contribution is 2.24. The van der Waals surface area contributed by atoms with E-state index >= 15 is 0 Å². The molecule has 0 saturated heterocycles. The Hall–Kier alpha value is -1.61. The summed E-state index contributed by atoms with van der Waals surface area (Å²) in [5, 5.41) is 6.99. The average Bonchev–Trinajstić information content (AvgIpc) is 3.16. The highest BCUT2D eigenvalue weighted by molar-refractivity contribution is 7.11. The van der Waals surface area contributed by atoms with Gasteiger partial charge in [-0.3, -0.25) is 4.79 Å². The number of carbonyl (C=O) groups is 1. The van der Waals surface area contributed by atoms with Crippen LogP contribution in [0, 0.1) is 11.8 Å². The van der Waals surface area contributed by atoms with E-state index in [1.165, 1.54) is 16.2 Å². The number of amides is 1. The van der Waals surface area contributed by atoms with Crippen molar-refractivity contribution in [3.8, 4) is 11.8 Å². The first kappa shape index (κ1) is 15.8. The van der Waals surface area contributed by atoms with Crippen LogP contribution in [-0.4, -0.2) is 12.5 Å². The molecule has 2 rings (SSSR count). The molecule has 0 spiro atoms. The number of nitrogens with one attached hydrogen (secondary N) is 1. The highest BCUT2D eigenvalue weighted by atomic mass is 32.1. The van der Waals surface area contributed by atoms with Gasteiger partial charge in [0.15, 0.2) is 0 Å². The smallest absolute Gasteiger partial charge is 0.252 e. The fourth-order valence-electron chi connectivity index (χ4n) is 1.96. The van der Waals surface area contributed by atoms with Crippen molar-refractivity contribution in [2.24, 2.45) is 5.73 Å². The molecule has 0 aliphatic heterocycles. The summed E-state index contributed by atoms with van der Waals surface area (Å²) in [5.74, 6) is 5.71. The molecular formula is C16H18N2OS2. The van der Waals surface area contributed by atoms with Crippen molar-refractivity contribution in [3.63, 3.8) is 0 Å². The molecule has 3 N–H and O–H groups in total. The zero-order valence-electron chi connectivity index (χ0n) is 11.9. The molecule has 110 valence electrons. The molecule has 2 aromatic heterocycles. The maximum atomic E-state index is 12.3. The van der Waals surface area contributed by atoms with Crippen LogP contribution in [0.2, 0.25) is 0 Å². The molecule has 0 aliphatic carbocycles. The molecule has 0 aromatic carbocycles. The summed E-state index contributed by atoms with van der Waals surface area (Å²) in [6, 6.07) is 5.98. The molecule has 2 heterocycles. The molecule has 5 heteroatoms.